The van der Waals surface area contributed by atoms with E-state index in [1.165, 1.54) is 0 Å². The molecule has 0 aliphatic carbocycles. The molecule has 2 unspecified atom stereocenters. The SMILES string of the molecule is CC1OCCC1CNS(=O)(=O)c1cccc2c1CCNC2. The van der Waals surface area contributed by atoms with Crippen LogP contribution in [0.1, 0.15) is 24.5 Å². The van der Waals surface area contributed by atoms with Crippen molar-refractivity contribution in [2.75, 3.05) is 19.7 Å². The van der Waals surface area contributed by atoms with Crippen molar-refractivity contribution >= 4 is 10.0 Å². The lowest BCUT2D eigenvalue weighted by molar-refractivity contribution is 0.107. The zero-order valence-corrected chi connectivity index (χ0v) is 13.1. The van der Waals surface area contributed by atoms with Crippen LogP contribution in [-0.4, -0.2) is 34.2 Å². The molecule has 116 valence electrons. The fraction of sp³-hybridized carbons (Fsp3) is 0.600. The van der Waals surface area contributed by atoms with Crippen LogP contribution < -0.4 is 10.0 Å². The molecule has 0 spiro atoms. The first kappa shape index (κ1) is 15.0. The van der Waals surface area contributed by atoms with E-state index < -0.39 is 10.0 Å². The van der Waals surface area contributed by atoms with Crippen molar-refractivity contribution in [2.24, 2.45) is 5.92 Å². The van der Waals surface area contributed by atoms with Crippen molar-refractivity contribution in [2.45, 2.75) is 37.3 Å². The summed E-state index contributed by atoms with van der Waals surface area (Å²) in [7, 11) is -3.45. The van der Waals surface area contributed by atoms with Crippen LogP contribution in [0.2, 0.25) is 0 Å². The van der Waals surface area contributed by atoms with Gasteiger partial charge in [0.1, 0.15) is 0 Å². The van der Waals surface area contributed by atoms with Gasteiger partial charge in [0.25, 0.3) is 0 Å². The van der Waals surface area contributed by atoms with Crippen LogP contribution in [0.3, 0.4) is 0 Å². The maximum absolute atomic E-state index is 12.6. The molecule has 0 saturated carbocycles. The molecule has 2 aliphatic heterocycles. The molecule has 0 bridgehead atoms. The fourth-order valence-corrected chi connectivity index (χ4v) is 4.49. The zero-order chi connectivity index (χ0) is 14.9. The molecule has 2 atom stereocenters. The summed E-state index contributed by atoms with van der Waals surface area (Å²) >= 11 is 0. The Labute approximate surface area is 126 Å². The van der Waals surface area contributed by atoms with Crippen molar-refractivity contribution in [3.05, 3.63) is 29.3 Å². The summed E-state index contributed by atoms with van der Waals surface area (Å²) in [5.74, 6) is 0.265. The van der Waals surface area contributed by atoms with E-state index in [-0.39, 0.29) is 12.0 Å². The number of sulfonamides is 1. The minimum Gasteiger partial charge on any atom is -0.378 e. The number of nitrogens with one attached hydrogen (secondary N) is 2. The molecule has 1 saturated heterocycles. The van der Waals surface area contributed by atoms with Gasteiger partial charge in [-0.15, -0.1) is 0 Å². The highest BCUT2D eigenvalue weighted by Crippen LogP contribution is 2.24. The second kappa shape index (κ2) is 6.04. The van der Waals surface area contributed by atoms with Crippen LogP contribution in [0.15, 0.2) is 23.1 Å². The molecular weight excluding hydrogens is 288 g/mol. The second-order valence-corrected chi connectivity index (χ2v) is 7.53. The monoisotopic (exact) mass is 310 g/mol. The van der Waals surface area contributed by atoms with Crippen molar-refractivity contribution in [1.29, 1.82) is 0 Å². The highest BCUT2D eigenvalue weighted by atomic mass is 32.2. The Bertz CT molecular complexity index is 615. The first-order valence-electron chi connectivity index (χ1n) is 7.50. The van der Waals surface area contributed by atoms with Crippen molar-refractivity contribution < 1.29 is 13.2 Å². The fourth-order valence-electron chi connectivity index (χ4n) is 3.09. The van der Waals surface area contributed by atoms with Gasteiger partial charge >= 0.3 is 0 Å². The van der Waals surface area contributed by atoms with E-state index in [1.807, 2.05) is 19.1 Å². The highest BCUT2D eigenvalue weighted by molar-refractivity contribution is 7.89. The van der Waals surface area contributed by atoms with Crippen molar-refractivity contribution in [3.63, 3.8) is 0 Å². The topological polar surface area (TPSA) is 67.4 Å². The lowest BCUT2D eigenvalue weighted by Crippen LogP contribution is -2.33. The summed E-state index contributed by atoms with van der Waals surface area (Å²) in [5.41, 5.74) is 2.04. The van der Waals surface area contributed by atoms with E-state index in [0.29, 0.717) is 11.4 Å². The Morgan fingerprint density at radius 3 is 3.05 bits per heavy atom. The lowest BCUT2D eigenvalue weighted by Gasteiger charge is -2.21. The maximum atomic E-state index is 12.6. The molecule has 6 heteroatoms. The van der Waals surface area contributed by atoms with Crippen LogP contribution in [0.5, 0.6) is 0 Å². The Morgan fingerprint density at radius 2 is 2.29 bits per heavy atom. The van der Waals surface area contributed by atoms with E-state index in [2.05, 4.69) is 10.0 Å². The highest BCUT2D eigenvalue weighted by Gasteiger charge is 2.27. The minimum atomic E-state index is -3.45. The number of hydrogen-bond donors (Lipinski definition) is 2. The van der Waals surface area contributed by atoms with Gasteiger partial charge in [-0.3, -0.25) is 0 Å². The molecular formula is C15H22N2O3S. The summed E-state index contributed by atoms with van der Waals surface area (Å²) < 4.78 is 33.4. The Morgan fingerprint density at radius 1 is 1.43 bits per heavy atom. The Hall–Kier alpha value is -0.950. The predicted molar refractivity (Wildman–Crippen MR) is 80.6 cm³/mol. The molecule has 1 aromatic carbocycles. The van der Waals surface area contributed by atoms with Gasteiger partial charge in [0.2, 0.25) is 10.0 Å². The van der Waals surface area contributed by atoms with E-state index in [0.717, 1.165) is 43.7 Å². The molecule has 2 N–H and O–H groups in total. The molecule has 5 nitrogen and oxygen atoms in total. The van der Waals surface area contributed by atoms with Gasteiger partial charge in [-0.25, -0.2) is 13.1 Å². The Kier molecular flexibility index (Phi) is 4.31. The molecule has 0 aromatic heterocycles. The van der Waals surface area contributed by atoms with Crippen molar-refractivity contribution in [1.82, 2.24) is 10.0 Å². The molecule has 0 amide bonds. The molecule has 1 fully saturated rings. The molecule has 0 radical (unpaired) electrons. The number of ether oxygens (including phenoxy) is 1. The Balaban J connectivity index is 1.78. The first-order valence-corrected chi connectivity index (χ1v) is 8.99. The lowest BCUT2D eigenvalue weighted by atomic mass is 10.0. The summed E-state index contributed by atoms with van der Waals surface area (Å²) in [6.45, 7) is 4.74. The third-order valence-corrected chi connectivity index (χ3v) is 5.96. The van der Waals surface area contributed by atoms with Gasteiger partial charge in [-0.05, 0) is 43.5 Å². The van der Waals surface area contributed by atoms with Crippen LogP contribution in [0, 0.1) is 5.92 Å². The number of benzene rings is 1. The summed E-state index contributed by atoms with van der Waals surface area (Å²) in [6.07, 6.45) is 1.80. The number of rotatable bonds is 4. The predicted octanol–water partition coefficient (Wildman–Crippen LogP) is 1.04. The van der Waals surface area contributed by atoms with Gasteiger partial charge in [0.05, 0.1) is 11.0 Å². The van der Waals surface area contributed by atoms with Crippen LogP contribution >= 0.6 is 0 Å². The third-order valence-electron chi connectivity index (χ3n) is 4.46. The summed E-state index contributed by atoms with van der Waals surface area (Å²) in [5, 5.41) is 3.27. The van der Waals surface area contributed by atoms with Gasteiger partial charge in [-0.1, -0.05) is 12.1 Å². The van der Waals surface area contributed by atoms with Gasteiger partial charge < -0.3 is 10.1 Å². The average Bonchev–Trinajstić information content (AvgIpc) is 2.90. The van der Waals surface area contributed by atoms with E-state index in [4.69, 9.17) is 4.74 Å². The summed E-state index contributed by atoms with van der Waals surface area (Å²) in [4.78, 5) is 0.438. The zero-order valence-electron chi connectivity index (χ0n) is 12.3. The number of hydrogen-bond acceptors (Lipinski definition) is 4. The molecule has 2 heterocycles. The molecule has 2 aliphatic rings. The van der Waals surface area contributed by atoms with Crippen LogP contribution in [-0.2, 0) is 27.7 Å². The van der Waals surface area contributed by atoms with Gasteiger partial charge in [0.15, 0.2) is 0 Å². The molecule has 1 aromatic rings. The maximum Gasteiger partial charge on any atom is 0.240 e. The third kappa shape index (κ3) is 3.13. The minimum absolute atomic E-state index is 0.126. The second-order valence-electron chi connectivity index (χ2n) is 5.80. The normalized spacial score (nSPS) is 25.8. The average molecular weight is 310 g/mol. The molecule has 3 rings (SSSR count). The molecule has 21 heavy (non-hydrogen) atoms. The summed E-state index contributed by atoms with van der Waals surface area (Å²) in [6, 6.07) is 5.52. The van der Waals surface area contributed by atoms with Gasteiger partial charge in [-0.2, -0.15) is 0 Å². The van der Waals surface area contributed by atoms with E-state index in [1.54, 1.807) is 6.07 Å². The first-order chi connectivity index (χ1) is 10.1. The van der Waals surface area contributed by atoms with Crippen LogP contribution in [0.4, 0.5) is 0 Å². The quantitative estimate of drug-likeness (QED) is 0.872. The van der Waals surface area contributed by atoms with E-state index in [9.17, 15) is 8.42 Å². The number of fused-ring (bicyclic) bond motifs is 1. The van der Waals surface area contributed by atoms with E-state index >= 15 is 0 Å². The largest absolute Gasteiger partial charge is 0.378 e. The van der Waals surface area contributed by atoms with Crippen molar-refractivity contribution in [3.8, 4) is 0 Å². The van der Waals surface area contributed by atoms with Crippen LogP contribution in [0.25, 0.3) is 0 Å². The van der Waals surface area contributed by atoms with Gasteiger partial charge in [0, 0.05) is 25.6 Å². The smallest absolute Gasteiger partial charge is 0.240 e. The standard InChI is InChI=1S/C15H22N2O3S/c1-11-12(6-8-20-11)10-17-21(18,19)15-4-2-3-13-9-16-7-5-14(13)15/h2-4,11-12,16-17H,5-10H2,1H3.